The molecule has 4 nitrogen and oxygen atoms in total. The van der Waals surface area contributed by atoms with Gasteiger partial charge in [-0.2, -0.15) is 4.98 Å². The average molecular weight is 284 g/mol. The second-order valence-corrected chi connectivity index (χ2v) is 4.39. The van der Waals surface area contributed by atoms with E-state index in [9.17, 15) is 0 Å². The number of pyridine rings is 1. The maximum absolute atomic E-state index is 6.05. The van der Waals surface area contributed by atoms with Gasteiger partial charge in [0.25, 0.3) is 0 Å². The van der Waals surface area contributed by atoms with Crippen molar-refractivity contribution in [3.8, 4) is 5.88 Å². The predicted octanol–water partition coefficient (Wildman–Crippen LogP) is 3.72. The Hall–Kier alpha value is -1.65. The van der Waals surface area contributed by atoms with Gasteiger partial charge in [-0.05, 0) is 30.3 Å². The van der Waals surface area contributed by atoms with Gasteiger partial charge in [-0.15, -0.1) is 0 Å². The van der Waals surface area contributed by atoms with E-state index in [1.165, 1.54) is 7.11 Å². The SMILES string of the molecule is COc1nc(Nc2cc(Cl)ccc2Cl)ccc1N. The highest BCUT2D eigenvalue weighted by atomic mass is 35.5. The molecule has 0 fully saturated rings. The first-order chi connectivity index (χ1) is 8.60. The minimum Gasteiger partial charge on any atom is -0.479 e. The second kappa shape index (κ2) is 5.33. The summed E-state index contributed by atoms with van der Waals surface area (Å²) in [6, 6.07) is 8.57. The third kappa shape index (κ3) is 2.78. The number of benzene rings is 1. The number of nitrogens with one attached hydrogen (secondary N) is 1. The number of hydrogen-bond donors (Lipinski definition) is 2. The Morgan fingerprint density at radius 3 is 2.72 bits per heavy atom. The molecular formula is C12H11Cl2N3O. The summed E-state index contributed by atoms with van der Waals surface area (Å²) in [6.07, 6.45) is 0. The Kier molecular flexibility index (Phi) is 3.79. The van der Waals surface area contributed by atoms with Crippen LogP contribution in [0, 0.1) is 0 Å². The number of hydrogen-bond acceptors (Lipinski definition) is 4. The van der Waals surface area contributed by atoms with Crippen LogP contribution >= 0.6 is 23.2 Å². The van der Waals surface area contributed by atoms with Gasteiger partial charge in [-0.3, -0.25) is 0 Å². The molecule has 1 heterocycles. The van der Waals surface area contributed by atoms with Crippen LogP contribution in [0.25, 0.3) is 0 Å². The first kappa shape index (κ1) is 12.8. The highest BCUT2D eigenvalue weighted by molar-refractivity contribution is 6.35. The van der Waals surface area contributed by atoms with E-state index in [1.54, 1.807) is 30.3 Å². The Balaban J connectivity index is 2.31. The Bertz CT molecular complexity index is 575. The lowest BCUT2D eigenvalue weighted by Crippen LogP contribution is -1.99. The summed E-state index contributed by atoms with van der Waals surface area (Å²) in [4.78, 5) is 4.20. The van der Waals surface area contributed by atoms with E-state index in [0.29, 0.717) is 33.1 Å². The summed E-state index contributed by atoms with van der Waals surface area (Å²) in [5.74, 6) is 0.934. The monoisotopic (exact) mass is 283 g/mol. The average Bonchev–Trinajstić information content (AvgIpc) is 2.36. The maximum atomic E-state index is 6.05. The maximum Gasteiger partial charge on any atom is 0.238 e. The van der Waals surface area contributed by atoms with E-state index >= 15 is 0 Å². The number of nitrogen functional groups attached to an aromatic ring is 1. The lowest BCUT2D eigenvalue weighted by Gasteiger charge is -2.10. The zero-order valence-electron chi connectivity index (χ0n) is 9.58. The van der Waals surface area contributed by atoms with Crippen molar-refractivity contribution in [3.05, 3.63) is 40.4 Å². The number of methoxy groups -OCH3 is 1. The first-order valence-electron chi connectivity index (χ1n) is 5.12. The second-order valence-electron chi connectivity index (χ2n) is 3.54. The fourth-order valence-electron chi connectivity index (χ4n) is 1.42. The van der Waals surface area contributed by atoms with Gasteiger partial charge in [-0.1, -0.05) is 23.2 Å². The molecule has 0 aliphatic carbocycles. The van der Waals surface area contributed by atoms with Crippen molar-refractivity contribution in [2.24, 2.45) is 0 Å². The van der Waals surface area contributed by atoms with Gasteiger partial charge in [0.2, 0.25) is 5.88 Å². The van der Waals surface area contributed by atoms with Crippen LogP contribution in [-0.4, -0.2) is 12.1 Å². The molecule has 0 saturated carbocycles. The van der Waals surface area contributed by atoms with Gasteiger partial charge >= 0.3 is 0 Å². The molecule has 0 amide bonds. The fraction of sp³-hybridized carbons (Fsp3) is 0.0833. The van der Waals surface area contributed by atoms with Crippen molar-refractivity contribution in [1.29, 1.82) is 0 Å². The normalized spacial score (nSPS) is 10.2. The van der Waals surface area contributed by atoms with Gasteiger partial charge < -0.3 is 15.8 Å². The summed E-state index contributed by atoms with van der Waals surface area (Å²) in [7, 11) is 1.51. The van der Waals surface area contributed by atoms with E-state index in [0.717, 1.165) is 0 Å². The molecule has 0 unspecified atom stereocenters. The summed E-state index contributed by atoms with van der Waals surface area (Å²) in [6.45, 7) is 0. The number of nitrogens with two attached hydrogens (primary N) is 1. The van der Waals surface area contributed by atoms with Crippen LogP contribution in [0.2, 0.25) is 10.0 Å². The summed E-state index contributed by atoms with van der Waals surface area (Å²) in [5, 5.41) is 4.19. The summed E-state index contributed by atoms with van der Waals surface area (Å²) >= 11 is 11.9. The fourth-order valence-corrected chi connectivity index (χ4v) is 1.75. The van der Waals surface area contributed by atoms with E-state index in [4.69, 9.17) is 33.7 Å². The van der Waals surface area contributed by atoms with Crippen molar-refractivity contribution in [2.75, 3.05) is 18.2 Å². The minimum atomic E-state index is 0.359. The minimum absolute atomic E-state index is 0.359. The molecular weight excluding hydrogens is 273 g/mol. The lowest BCUT2D eigenvalue weighted by molar-refractivity contribution is 0.401. The number of nitrogens with zero attached hydrogens (tertiary/aromatic N) is 1. The lowest BCUT2D eigenvalue weighted by atomic mass is 10.3. The van der Waals surface area contributed by atoms with E-state index in [-0.39, 0.29) is 0 Å². The van der Waals surface area contributed by atoms with Crippen LogP contribution in [0.15, 0.2) is 30.3 Å². The summed E-state index contributed by atoms with van der Waals surface area (Å²) < 4.78 is 5.04. The number of rotatable bonds is 3. The van der Waals surface area contributed by atoms with Crippen molar-refractivity contribution in [3.63, 3.8) is 0 Å². The molecule has 0 spiro atoms. The smallest absolute Gasteiger partial charge is 0.238 e. The Labute approximate surface area is 115 Å². The van der Waals surface area contributed by atoms with Crippen molar-refractivity contribution in [1.82, 2.24) is 4.98 Å². The molecule has 0 aliphatic heterocycles. The predicted molar refractivity (Wildman–Crippen MR) is 74.9 cm³/mol. The third-order valence-electron chi connectivity index (χ3n) is 2.27. The van der Waals surface area contributed by atoms with Crippen molar-refractivity contribution >= 4 is 40.4 Å². The largest absolute Gasteiger partial charge is 0.479 e. The van der Waals surface area contributed by atoms with Crippen LogP contribution < -0.4 is 15.8 Å². The number of anilines is 3. The van der Waals surface area contributed by atoms with Crippen molar-refractivity contribution < 1.29 is 4.74 Å². The molecule has 94 valence electrons. The quantitative estimate of drug-likeness (QED) is 0.901. The topological polar surface area (TPSA) is 60.2 Å². The molecule has 3 N–H and O–H groups in total. The molecule has 2 aromatic rings. The van der Waals surface area contributed by atoms with Crippen LogP contribution in [0.5, 0.6) is 5.88 Å². The molecule has 1 aromatic carbocycles. The van der Waals surface area contributed by atoms with E-state index in [2.05, 4.69) is 10.3 Å². The number of ether oxygens (including phenoxy) is 1. The number of halogens is 2. The molecule has 1 aromatic heterocycles. The van der Waals surface area contributed by atoms with Gasteiger partial charge in [0.05, 0.1) is 23.5 Å². The molecule has 0 atom stereocenters. The van der Waals surface area contributed by atoms with E-state index < -0.39 is 0 Å². The molecule has 0 bridgehead atoms. The van der Waals surface area contributed by atoms with Crippen LogP contribution in [0.4, 0.5) is 17.2 Å². The summed E-state index contributed by atoms with van der Waals surface area (Å²) in [5.41, 5.74) is 6.83. The molecule has 0 saturated heterocycles. The molecule has 0 radical (unpaired) electrons. The zero-order chi connectivity index (χ0) is 13.1. The van der Waals surface area contributed by atoms with Crippen LogP contribution in [-0.2, 0) is 0 Å². The van der Waals surface area contributed by atoms with Gasteiger partial charge in [0.1, 0.15) is 5.82 Å². The molecule has 18 heavy (non-hydrogen) atoms. The van der Waals surface area contributed by atoms with Crippen molar-refractivity contribution in [2.45, 2.75) is 0 Å². The highest BCUT2D eigenvalue weighted by Crippen LogP contribution is 2.29. The van der Waals surface area contributed by atoms with Gasteiger partial charge in [0.15, 0.2) is 0 Å². The van der Waals surface area contributed by atoms with E-state index in [1.807, 2.05) is 0 Å². The molecule has 6 heteroatoms. The highest BCUT2D eigenvalue weighted by Gasteiger charge is 2.06. The first-order valence-corrected chi connectivity index (χ1v) is 5.88. The Morgan fingerprint density at radius 1 is 1.22 bits per heavy atom. The van der Waals surface area contributed by atoms with Gasteiger partial charge in [0, 0.05) is 5.02 Å². The Morgan fingerprint density at radius 2 is 2.00 bits per heavy atom. The number of aromatic nitrogens is 1. The standard InChI is InChI=1S/C12H11Cl2N3O/c1-18-12-9(15)4-5-11(17-12)16-10-6-7(13)2-3-8(10)14/h2-6H,15H2,1H3,(H,16,17). The third-order valence-corrected chi connectivity index (χ3v) is 2.84. The van der Waals surface area contributed by atoms with Gasteiger partial charge in [-0.25, -0.2) is 0 Å². The van der Waals surface area contributed by atoms with Crippen LogP contribution in [0.1, 0.15) is 0 Å². The van der Waals surface area contributed by atoms with Crippen LogP contribution in [0.3, 0.4) is 0 Å². The molecule has 2 rings (SSSR count). The zero-order valence-corrected chi connectivity index (χ0v) is 11.1. The molecule has 0 aliphatic rings.